The molecule has 9 heteroatoms. The number of rotatable bonds is 7. The molecule has 2 N–H and O–H groups in total. The van der Waals surface area contributed by atoms with Gasteiger partial charge in [0.1, 0.15) is 17.6 Å². The number of benzene rings is 2. The van der Waals surface area contributed by atoms with Gasteiger partial charge < -0.3 is 20.3 Å². The van der Waals surface area contributed by atoms with Crippen LogP contribution in [0.3, 0.4) is 0 Å². The molecule has 1 aliphatic rings. The molecule has 2 aromatic carbocycles. The van der Waals surface area contributed by atoms with Crippen LogP contribution in [0.2, 0.25) is 0 Å². The molecule has 7 nitrogen and oxygen atoms in total. The Morgan fingerprint density at radius 2 is 1.90 bits per heavy atom. The normalized spacial score (nSPS) is 17.0. The Bertz CT molecular complexity index is 933. The second-order valence-corrected chi connectivity index (χ2v) is 8.82. The van der Waals surface area contributed by atoms with E-state index in [4.69, 9.17) is 4.74 Å². The van der Waals surface area contributed by atoms with E-state index in [9.17, 15) is 17.6 Å². The van der Waals surface area contributed by atoms with E-state index in [2.05, 4.69) is 10.6 Å². The molecule has 1 aliphatic heterocycles. The first-order valence-corrected chi connectivity index (χ1v) is 10.9. The van der Waals surface area contributed by atoms with Gasteiger partial charge in [-0.05, 0) is 48.5 Å². The van der Waals surface area contributed by atoms with E-state index < -0.39 is 15.9 Å². The lowest BCUT2D eigenvalue weighted by atomic mass is 10.1. The first kappa shape index (κ1) is 21.1. The van der Waals surface area contributed by atoms with Gasteiger partial charge in [0.15, 0.2) is 9.84 Å². The van der Waals surface area contributed by atoms with Crippen LogP contribution in [-0.2, 0) is 14.6 Å². The Morgan fingerprint density at radius 1 is 1.21 bits per heavy atom. The molecule has 0 unspecified atom stereocenters. The third-order valence-electron chi connectivity index (χ3n) is 4.77. The van der Waals surface area contributed by atoms with Gasteiger partial charge in [-0.25, -0.2) is 12.8 Å². The molecular weight excluding hydrogens is 397 g/mol. The molecule has 0 aromatic heterocycles. The Hall–Kier alpha value is -2.65. The number of carbonyl (C=O) groups is 1. The van der Waals surface area contributed by atoms with Crippen molar-refractivity contribution in [2.75, 3.05) is 43.9 Å². The predicted octanol–water partition coefficient (Wildman–Crippen LogP) is 1.20. The summed E-state index contributed by atoms with van der Waals surface area (Å²) >= 11 is 0. The maximum Gasteiger partial charge on any atom is 0.239 e. The quantitative estimate of drug-likeness (QED) is 0.699. The second-order valence-electron chi connectivity index (χ2n) is 6.71. The average molecular weight is 421 g/mol. The van der Waals surface area contributed by atoms with Crippen LogP contribution in [0.4, 0.5) is 10.1 Å². The maximum absolute atomic E-state index is 13.1. The zero-order valence-corrected chi connectivity index (χ0v) is 16.9. The number of halogens is 1. The van der Waals surface area contributed by atoms with E-state index in [1.54, 1.807) is 24.3 Å². The first-order chi connectivity index (χ1) is 13.9. The molecule has 0 aliphatic carbocycles. The fourth-order valence-electron chi connectivity index (χ4n) is 3.14. The molecule has 1 atom stereocenters. The van der Waals surface area contributed by atoms with Crippen LogP contribution in [-0.4, -0.2) is 59.4 Å². The molecule has 0 radical (unpaired) electrons. The summed E-state index contributed by atoms with van der Waals surface area (Å²) in [5.41, 5.74) is 0.841. The molecule has 1 fully saturated rings. The van der Waals surface area contributed by atoms with Gasteiger partial charge in [0, 0.05) is 31.9 Å². The van der Waals surface area contributed by atoms with Gasteiger partial charge in [-0.3, -0.25) is 4.79 Å². The zero-order valence-electron chi connectivity index (χ0n) is 16.1. The van der Waals surface area contributed by atoms with Gasteiger partial charge in [-0.1, -0.05) is 0 Å². The molecule has 1 amide bonds. The summed E-state index contributed by atoms with van der Waals surface area (Å²) in [4.78, 5) is 14.6. The number of nitrogens with zero attached hydrogens (tertiary/aromatic N) is 1. The van der Waals surface area contributed by atoms with E-state index in [1.165, 1.54) is 31.4 Å². The SMILES string of the molecule is COc1ccc(S(=O)(=O)CCNC(=O)[C@@H]2CN(c3ccc(F)cc3)CCN2)cc1. The van der Waals surface area contributed by atoms with Crippen molar-refractivity contribution >= 4 is 21.4 Å². The van der Waals surface area contributed by atoms with Crippen molar-refractivity contribution in [3.63, 3.8) is 0 Å². The number of amides is 1. The molecule has 1 heterocycles. The Labute approximate surface area is 169 Å². The van der Waals surface area contributed by atoms with Crippen molar-refractivity contribution in [1.82, 2.24) is 10.6 Å². The number of piperazine rings is 1. The molecule has 29 heavy (non-hydrogen) atoms. The van der Waals surface area contributed by atoms with Crippen LogP contribution in [0, 0.1) is 5.82 Å². The third kappa shape index (κ3) is 5.45. The summed E-state index contributed by atoms with van der Waals surface area (Å²) in [6, 6.07) is 11.8. The molecule has 0 spiro atoms. The van der Waals surface area contributed by atoms with Crippen LogP contribution in [0.1, 0.15) is 0 Å². The summed E-state index contributed by atoms with van der Waals surface area (Å²) in [5, 5.41) is 5.82. The minimum Gasteiger partial charge on any atom is -0.497 e. The zero-order chi connectivity index (χ0) is 20.9. The number of methoxy groups -OCH3 is 1. The lowest BCUT2D eigenvalue weighted by Crippen LogP contribution is -2.57. The molecule has 2 aromatic rings. The number of hydrogen-bond acceptors (Lipinski definition) is 6. The van der Waals surface area contributed by atoms with Gasteiger partial charge in [0.2, 0.25) is 5.91 Å². The van der Waals surface area contributed by atoms with Crippen LogP contribution in [0.25, 0.3) is 0 Å². The number of carbonyl (C=O) groups excluding carboxylic acids is 1. The fraction of sp³-hybridized carbons (Fsp3) is 0.350. The largest absolute Gasteiger partial charge is 0.497 e. The molecule has 3 rings (SSSR count). The summed E-state index contributed by atoms with van der Waals surface area (Å²) in [6.07, 6.45) is 0. The van der Waals surface area contributed by atoms with Gasteiger partial charge in [-0.2, -0.15) is 0 Å². The van der Waals surface area contributed by atoms with E-state index >= 15 is 0 Å². The van der Waals surface area contributed by atoms with Crippen LogP contribution in [0.5, 0.6) is 5.75 Å². The summed E-state index contributed by atoms with van der Waals surface area (Å²) in [6.45, 7) is 1.73. The van der Waals surface area contributed by atoms with Gasteiger partial charge in [-0.15, -0.1) is 0 Å². The van der Waals surface area contributed by atoms with Crippen molar-refractivity contribution in [2.45, 2.75) is 10.9 Å². The fourth-order valence-corrected chi connectivity index (χ4v) is 4.30. The summed E-state index contributed by atoms with van der Waals surface area (Å²) in [5.74, 6) is -0.191. The van der Waals surface area contributed by atoms with Crippen LogP contribution in [0.15, 0.2) is 53.4 Å². The first-order valence-electron chi connectivity index (χ1n) is 9.27. The Balaban J connectivity index is 1.52. The number of nitrogens with one attached hydrogen (secondary N) is 2. The molecule has 156 valence electrons. The number of ether oxygens (including phenoxy) is 1. The highest BCUT2D eigenvalue weighted by Gasteiger charge is 2.26. The number of anilines is 1. The summed E-state index contributed by atoms with van der Waals surface area (Å²) < 4.78 is 42.9. The van der Waals surface area contributed by atoms with Crippen LogP contribution >= 0.6 is 0 Å². The lowest BCUT2D eigenvalue weighted by Gasteiger charge is -2.34. The van der Waals surface area contributed by atoms with Crippen molar-refractivity contribution < 1.29 is 22.3 Å². The van der Waals surface area contributed by atoms with Gasteiger partial charge in [0.25, 0.3) is 0 Å². The average Bonchev–Trinajstić information content (AvgIpc) is 2.74. The Morgan fingerprint density at radius 3 is 2.55 bits per heavy atom. The minimum absolute atomic E-state index is 0.0158. The van der Waals surface area contributed by atoms with E-state index in [0.717, 1.165) is 5.69 Å². The second kappa shape index (κ2) is 9.23. The van der Waals surface area contributed by atoms with Crippen molar-refractivity contribution in [2.24, 2.45) is 0 Å². The number of hydrogen-bond donors (Lipinski definition) is 2. The monoisotopic (exact) mass is 421 g/mol. The predicted molar refractivity (Wildman–Crippen MR) is 108 cm³/mol. The topological polar surface area (TPSA) is 87.7 Å². The van der Waals surface area contributed by atoms with Crippen molar-refractivity contribution in [3.8, 4) is 5.75 Å². The van der Waals surface area contributed by atoms with E-state index in [0.29, 0.717) is 25.4 Å². The molecule has 0 bridgehead atoms. The number of sulfone groups is 1. The van der Waals surface area contributed by atoms with Gasteiger partial charge >= 0.3 is 0 Å². The molecule has 0 saturated carbocycles. The van der Waals surface area contributed by atoms with Gasteiger partial charge in [0.05, 0.1) is 17.8 Å². The van der Waals surface area contributed by atoms with E-state index in [-0.39, 0.29) is 28.9 Å². The third-order valence-corrected chi connectivity index (χ3v) is 6.50. The highest BCUT2D eigenvalue weighted by molar-refractivity contribution is 7.91. The summed E-state index contributed by atoms with van der Waals surface area (Å²) in [7, 11) is -2.00. The van der Waals surface area contributed by atoms with Crippen molar-refractivity contribution in [3.05, 3.63) is 54.3 Å². The highest BCUT2D eigenvalue weighted by atomic mass is 32.2. The Kier molecular flexibility index (Phi) is 6.71. The van der Waals surface area contributed by atoms with E-state index in [1.807, 2.05) is 4.90 Å². The van der Waals surface area contributed by atoms with Crippen LogP contribution < -0.4 is 20.3 Å². The minimum atomic E-state index is -3.51. The molecule has 1 saturated heterocycles. The lowest BCUT2D eigenvalue weighted by molar-refractivity contribution is -0.123. The molecular formula is C20H24FN3O4S. The standard InChI is InChI=1S/C20H24FN3O4S/c1-28-17-6-8-18(9-7-17)29(26,27)13-11-23-20(25)19-14-24(12-10-22-19)16-4-2-15(21)3-5-16/h2-9,19,22H,10-14H2,1H3,(H,23,25)/t19-/m0/s1. The van der Waals surface area contributed by atoms with Crippen molar-refractivity contribution in [1.29, 1.82) is 0 Å². The highest BCUT2D eigenvalue weighted by Crippen LogP contribution is 2.17. The maximum atomic E-state index is 13.1. The smallest absolute Gasteiger partial charge is 0.239 e.